The van der Waals surface area contributed by atoms with Crippen molar-refractivity contribution < 1.29 is 22.8 Å². The number of carbonyl (C=O) groups excluding carboxylic acids is 1. The van der Waals surface area contributed by atoms with Gasteiger partial charge < -0.3 is 5.32 Å². The molecule has 0 aliphatic carbocycles. The van der Waals surface area contributed by atoms with E-state index in [-0.39, 0.29) is 6.42 Å². The second-order valence-corrected chi connectivity index (χ2v) is 3.83. The van der Waals surface area contributed by atoms with Crippen molar-refractivity contribution in [2.24, 2.45) is 5.92 Å². The van der Waals surface area contributed by atoms with E-state index in [4.69, 9.17) is 0 Å². The number of halogens is 3. The molecular formula is C9H15F3N2O2. The molecule has 16 heavy (non-hydrogen) atoms. The van der Waals surface area contributed by atoms with Crippen molar-refractivity contribution in [1.82, 2.24) is 10.8 Å². The van der Waals surface area contributed by atoms with Crippen molar-refractivity contribution in [1.29, 1.82) is 0 Å². The summed E-state index contributed by atoms with van der Waals surface area (Å²) in [6.45, 7) is 0.358. The van der Waals surface area contributed by atoms with Crippen LogP contribution in [0.25, 0.3) is 0 Å². The van der Waals surface area contributed by atoms with Crippen LogP contribution in [0.1, 0.15) is 19.3 Å². The minimum atomic E-state index is -4.41. The van der Waals surface area contributed by atoms with E-state index in [0.717, 1.165) is 19.5 Å². The van der Waals surface area contributed by atoms with E-state index in [0.29, 0.717) is 12.3 Å². The van der Waals surface area contributed by atoms with Gasteiger partial charge in [0.15, 0.2) is 6.61 Å². The lowest BCUT2D eigenvalue weighted by atomic mass is 10.0. The summed E-state index contributed by atoms with van der Waals surface area (Å²) in [5.41, 5.74) is 1.78. The molecule has 0 aromatic carbocycles. The van der Waals surface area contributed by atoms with E-state index >= 15 is 0 Å². The molecule has 1 fully saturated rings. The maximum atomic E-state index is 11.7. The Morgan fingerprint density at radius 2 is 2.25 bits per heavy atom. The Hall–Kier alpha value is -0.820. The zero-order valence-corrected chi connectivity index (χ0v) is 8.77. The average Bonchev–Trinajstić information content (AvgIpc) is 2.65. The van der Waals surface area contributed by atoms with Crippen LogP contribution in [0.4, 0.5) is 13.2 Å². The fraction of sp³-hybridized carbons (Fsp3) is 0.889. The molecule has 2 N–H and O–H groups in total. The van der Waals surface area contributed by atoms with E-state index in [1.807, 2.05) is 0 Å². The molecule has 1 amide bonds. The fourth-order valence-electron chi connectivity index (χ4n) is 1.55. The van der Waals surface area contributed by atoms with Crippen LogP contribution >= 0.6 is 0 Å². The number of nitrogens with one attached hydrogen (secondary N) is 2. The van der Waals surface area contributed by atoms with Crippen molar-refractivity contribution in [3.05, 3.63) is 0 Å². The summed E-state index contributed by atoms with van der Waals surface area (Å²) in [4.78, 5) is 15.1. The number of hydrogen-bond donors (Lipinski definition) is 2. The molecule has 1 aliphatic heterocycles. The van der Waals surface area contributed by atoms with Crippen LogP contribution in [0.15, 0.2) is 0 Å². The number of hydrogen-bond acceptors (Lipinski definition) is 3. The minimum absolute atomic E-state index is 0.199. The van der Waals surface area contributed by atoms with Gasteiger partial charge in [0.25, 0.3) is 0 Å². The number of rotatable bonds is 5. The summed E-state index contributed by atoms with van der Waals surface area (Å²) in [5.74, 6) is -0.0653. The monoisotopic (exact) mass is 240 g/mol. The van der Waals surface area contributed by atoms with Gasteiger partial charge in [-0.25, -0.2) is 5.48 Å². The Balaban J connectivity index is 2.02. The summed E-state index contributed by atoms with van der Waals surface area (Å²) in [6, 6.07) is 0. The molecule has 0 radical (unpaired) electrons. The van der Waals surface area contributed by atoms with E-state index < -0.39 is 18.7 Å². The molecule has 0 saturated carbocycles. The Labute approximate surface area is 91.5 Å². The second-order valence-electron chi connectivity index (χ2n) is 3.83. The summed E-state index contributed by atoms with van der Waals surface area (Å²) in [5, 5.41) is 3.15. The lowest BCUT2D eigenvalue weighted by Gasteiger charge is -2.10. The van der Waals surface area contributed by atoms with E-state index in [9.17, 15) is 18.0 Å². The van der Waals surface area contributed by atoms with Crippen molar-refractivity contribution in [2.75, 3.05) is 19.7 Å². The molecule has 1 heterocycles. The van der Waals surface area contributed by atoms with E-state index in [1.165, 1.54) is 0 Å². The fourth-order valence-corrected chi connectivity index (χ4v) is 1.55. The molecule has 7 heteroatoms. The topological polar surface area (TPSA) is 50.4 Å². The minimum Gasteiger partial charge on any atom is -0.316 e. The Kier molecular flexibility index (Phi) is 5.01. The van der Waals surface area contributed by atoms with Crippen LogP contribution in [-0.2, 0) is 9.63 Å². The average molecular weight is 240 g/mol. The first-order valence-corrected chi connectivity index (χ1v) is 5.15. The highest BCUT2D eigenvalue weighted by molar-refractivity contribution is 5.74. The van der Waals surface area contributed by atoms with Gasteiger partial charge in [0.05, 0.1) is 0 Å². The van der Waals surface area contributed by atoms with Gasteiger partial charge in [-0.05, 0) is 31.8 Å². The lowest BCUT2D eigenvalue weighted by Crippen LogP contribution is -2.29. The summed E-state index contributed by atoms with van der Waals surface area (Å²) in [7, 11) is 0. The van der Waals surface area contributed by atoms with Crippen molar-refractivity contribution in [2.45, 2.75) is 25.4 Å². The van der Waals surface area contributed by atoms with Crippen molar-refractivity contribution >= 4 is 5.91 Å². The van der Waals surface area contributed by atoms with Crippen LogP contribution < -0.4 is 10.8 Å². The van der Waals surface area contributed by atoms with Gasteiger partial charge in [-0.1, -0.05) is 0 Å². The number of amides is 1. The molecule has 1 rings (SSSR count). The molecule has 1 aliphatic rings. The third-order valence-electron chi connectivity index (χ3n) is 2.36. The van der Waals surface area contributed by atoms with Gasteiger partial charge in [0.1, 0.15) is 0 Å². The van der Waals surface area contributed by atoms with Crippen LogP contribution in [-0.4, -0.2) is 31.8 Å². The highest BCUT2D eigenvalue weighted by atomic mass is 19.4. The van der Waals surface area contributed by atoms with Crippen LogP contribution in [0.2, 0.25) is 0 Å². The Morgan fingerprint density at radius 3 is 2.81 bits per heavy atom. The third-order valence-corrected chi connectivity index (χ3v) is 2.36. The smallest absolute Gasteiger partial charge is 0.316 e. The molecule has 1 unspecified atom stereocenters. The normalized spacial score (nSPS) is 21.1. The summed E-state index contributed by atoms with van der Waals surface area (Å²) < 4.78 is 35.0. The summed E-state index contributed by atoms with van der Waals surface area (Å²) >= 11 is 0. The quantitative estimate of drug-likeness (QED) is 0.704. The first-order chi connectivity index (χ1) is 7.47. The molecule has 0 spiro atoms. The highest BCUT2D eigenvalue weighted by Gasteiger charge is 2.28. The zero-order chi connectivity index (χ0) is 12.0. The summed E-state index contributed by atoms with van der Waals surface area (Å²) in [6.07, 6.45) is -2.53. The second kappa shape index (κ2) is 6.05. The molecule has 94 valence electrons. The van der Waals surface area contributed by atoms with Crippen molar-refractivity contribution in [3.63, 3.8) is 0 Å². The Bertz CT molecular complexity index is 227. The van der Waals surface area contributed by atoms with Gasteiger partial charge in [-0.15, -0.1) is 0 Å². The SMILES string of the molecule is O=C(CCC1CCNC1)NOCC(F)(F)F. The predicted molar refractivity (Wildman–Crippen MR) is 50.4 cm³/mol. The largest absolute Gasteiger partial charge is 0.414 e. The highest BCUT2D eigenvalue weighted by Crippen LogP contribution is 2.15. The van der Waals surface area contributed by atoms with Gasteiger partial charge >= 0.3 is 6.18 Å². The molecule has 0 aromatic heterocycles. The van der Waals surface area contributed by atoms with Gasteiger partial charge in [0.2, 0.25) is 5.91 Å². The lowest BCUT2D eigenvalue weighted by molar-refractivity contribution is -0.191. The van der Waals surface area contributed by atoms with Crippen molar-refractivity contribution in [3.8, 4) is 0 Å². The maximum Gasteiger partial charge on any atom is 0.414 e. The van der Waals surface area contributed by atoms with Crippen LogP contribution in [0.5, 0.6) is 0 Å². The third kappa shape index (κ3) is 5.92. The maximum absolute atomic E-state index is 11.7. The van der Waals surface area contributed by atoms with E-state index in [1.54, 1.807) is 5.48 Å². The van der Waals surface area contributed by atoms with Gasteiger partial charge in [0, 0.05) is 6.42 Å². The molecule has 4 nitrogen and oxygen atoms in total. The predicted octanol–water partition coefficient (Wildman–Crippen LogP) is 0.986. The zero-order valence-electron chi connectivity index (χ0n) is 8.77. The number of carbonyl (C=O) groups is 1. The molecule has 1 atom stereocenters. The molecular weight excluding hydrogens is 225 g/mol. The van der Waals surface area contributed by atoms with Gasteiger partial charge in [-0.3, -0.25) is 9.63 Å². The van der Waals surface area contributed by atoms with E-state index in [2.05, 4.69) is 10.2 Å². The molecule has 1 saturated heterocycles. The standard InChI is InChI=1S/C9H15F3N2O2/c10-9(11,12)6-16-14-8(15)2-1-7-3-4-13-5-7/h7,13H,1-6H2,(H,14,15). The molecule has 0 aromatic rings. The first-order valence-electron chi connectivity index (χ1n) is 5.15. The van der Waals surface area contributed by atoms with Crippen LogP contribution in [0.3, 0.4) is 0 Å². The Morgan fingerprint density at radius 1 is 1.50 bits per heavy atom. The van der Waals surface area contributed by atoms with Gasteiger partial charge in [-0.2, -0.15) is 13.2 Å². The van der Waals surface area contributed by atoms with Crippen LogP contribution in [0, 0.1) is 5.92 Å². The number of alkyl halides is 3. The molecule has 0 bridgehead atoms. The number of hydroxylamine groups is 1. The first kappa shape index (κ1) is 13.2.